The molecule has 0 radical (unpaired) electrons. The van der Waals surface area contributed by atoms with Gasteiger partial charge in [-0.05, 0) is 54.6 Å². The second-order valence-corrected chi connectivity index (χ2v) is 6.15. The van der Waals surface area contributed by atoms with Gasteiger partial charge in [0, 0.05) is 29.2 Å². The first kappa shape index (κ1) is 16.1. The van der Waals surface area contributed by atoms with Crippen molar-refractivity contribution in [1.82, 2.24) is 10.3 Å². The lowest BCUT2D eigenvalue weighted by atomic mass is 9.89. The van der Waals surface area contributed by atoms with E-state index in [1.807, 2.05) is 12.4 Å². The zero-order chi connectivity index (χ0) is 15.1. The number of rotatable bonds is 7. The summed E-state index contributed by atoms with van der Waals surface area (Å²) in [6.07, 6.45) is 7.00. The van der Waals surface area contributed by atoms with Gasteiger partial charge in [0.05, 0.1) is 0 Å². The fourth-order valence-corrected chi connectivity index (χ4v) is 2.96. The average molecular weight is 300 g/mol. The molecule has 1 heterocycles. The minimum atomic E-state index is 0.336. The van der Waals surface area contributed by atoms with Crippen LogP contribution in [0.2, 0.25) is 0 Å². The molecule has 0 amide bonds. The number of hydrogen-bond acceptors (Lipinski definition) is 3. The molecule has 3 heteroatoms. The van der Waals surface area contributed by atoms with Crippen LogP contribution in [0.1, 0.15) is 43.4 Å². The third kappa shape index (κ3) is 4.32. The van der Waals surface area contributed by atoms with Gasteiger partial charge in [0.15, 0.2) is 0 Å². The third-order valence-corrected chi connectivity index (χ3v) is 4.56. The predicted molar refractivity (Wildman–Crippen MR) is 91.9 cm³/mol. The van der Waals surface area contributed by atoms with Crippen molar-refractivity contribution in [2.24, 2.45) is 0 Å². The lowest BCUT2D eigenvalue weighted by Crippen LogP contribution is -2.26. The molecule has 0 aliphatic carbocycles. The van der Waals surface area contributed by atoms with Crippen molar-refractivity contribution in [3.05, 3.63) is 59.9 Å². The second-order valence-electron chi connectivity index (χ2n) is 5.27. The van der Waals surface area contributed by atoms with Gasteiger partial charge in [0.1, 0.15) is 0 Å². The molecule has 1 aromatic carbocycles. The molecule has 112 valence electrons. The largest absolute Gasteiger partial charge is 0.309 e. The topological polar surface area (TPSA) is 24.9 Å². The highest BCUT2D eigenvalue weighted by atomic mass is 32.2. The molecule has 0 saturated carbocycles. The van der Waals surface area contributed by atoms with E-state index in [0.29, 0.717) is 12.0 Å². The maximum absolute atomic E-state index is 4.12. The molecular formula is C18H24N2S. The number of thioether (sulfide) groups is 1. The summed E-state index contributed by atoms with van der Waals surface area (Å²) in [5.74, 6) is 0.416. The quantitative estimate of drug-likeness (QED) is 0.754. The maximum Gasteiger partial charge on any atom is 0.0386 e. The molecule has 0 aliphatic heterocycles. The molecule has 0 bridgehead atoms. The Morgan fingerprint density at radius 1 is 1.05 bits per heavy atom. The first-order chi connectivity index (χ1) is 10.3. The molecule has 21 heavy (non-hydrogen) atoms. The molecule has 0 spiro atoms. The number of nitrogens with one attached hydrogen (secondary N) is 1. The molecule has 2 aromatic rings. The van der Waals surface area contributed by atoms with Gasteiger partial charge < -0.3 is 5.32 Å². The molecule has 2 nitrogen and oxygen atoms in total. The maximum atomic E-state index is 4.12. The summed E-state index contributed by atoms with van der Waals surface area (Å²) in [6.45, 7) is 5.52. The van der Waals surface area contributed by atoms with Crippen molar-refractivity contribution in [3.8, 4) is 0 Å². The Bertz CT molecular complexity index is 525. The van der Waals surface area contributed by atoms with Crippen LogP contribution in [0.25, 0.3) is 0 Å². The molecule has 0 fully saturated rings. The van der Waals surface area contributed by atoms with Gasteiger partial charge >= 0.3 is 0 Å². The minimum Gasteiger partial charge on any atom is -0.309 e. The van der Waals surface area contributed by atoms with Gasteiger partial charge in [-0.25, -0.2) is 0 Å². The number of aromatic nitrogens is 1. The van der Waals surface area contributed by atoms with Gasteiger partial charge in [0.25, 0.3) is 0 Å². The molecular weight excluding hydrogens is 276 g/mol. The third-order valence-electron chi connectivity index (χ3n) is 3.82. The highest BCUT2D eigenvalue weighted by Gasteiger charge is 2.20. The van der Waals surface area contributed by atoms with Crippen LogP contribution in [0.4, 0.5) is 0 Å². The monoisotopic (exact) mass is 300 g/mol. The van der Waals surface area contributed by atoms with Crippen molar-refractivity contribution >= 4 is 11.8 Å². The van der Waals surface area contributed by atoms with E-state index in [0.717, 1.165) is 13.0 Å². The van der Waals surface area contributed by atoms with Crippen molar-refractivity contribution in [2.45, 2.75) is 37.1 Å². The fourth-order valence-electron chi connectivity index (χ4n) is 2.55. The number of benzene rings is 1. The molecule has 0 saturated heterocycles. The Hall–Kier alpha value is -1.32. The van der Waals surface area contributed by atoms with Crippen LogP contribution in [0.3, 0.4) is 0 Å². The van der Waals surface area contributed by atoms with Crippen LogP contribution in [0.5, 0.6) is 0 Å². The number of hydrogen-bond donors (Lipinski definition) is 1. The Morgan fingerprint density at radius 3 is 2.29 bits per heavy atom. The number of pyridine rings is 1. The summed E-state index contributed by atoms with van der Waals surface area (Å²) in [5.41, 5.74) is 2.68. The van der Waals surface area contributed by atoms with Gasteiger partial charge in [-0.15, -0.1) is 11.8 Å². The van der Waals surface area contributed by atoms with Gasteiger partial charge in [-0.1, -0.05) is 26.0 Å². The Morgan fingerprint density at radius 2 is 1.71 bits per heavy atom. The van der Waals surface area contributed by atoms with Crippen LogP contribution in [0, 0.1) is 0 Å². The van der Waals surface area contributed by atoms with Gasteiger partial charge in [-0.2, -0.15) is 0 Å². The van der Waals surface area contributed by atoms with Crippen LogP contribution in [-0.2, 0) is 0 Å². The van der Waals surface area contributed by atoms with Crippen molar-refractivity contribution in [1.29, 1.82) is 0 Å². The highest BCUT2D eigenvalue weighted by molar-refractivity contribution is 7.98. The lowest BCUT2D eigenvalue weighted by Gasteiger charge is -2.26. The molecule has 2 atom stereocenters. The van der Waals surface area contributed by atoms with E-state index in [1.165, 1.54) is 16.0 Å². The van der Waals surface area contributed by atoms with Gasteiger partial charge in [-0.3, -0.25) is 4.98 Å². The summed E-state index contributed by atoms with van der Waals surface area (Å²) in [7, 11) is 0. The smallest absolute Gasteiger partial charge is 0.0386 e. The first-order valence-corrected chi connectivity index (χ1v) is 8.76. The van der Waals surface area contributed by atoms with Gasteiger partial charge in [0.2, 0.25) is 0 Å². The van der Waals surface area contributed by atoms with E-state index in [2.05, 4.69) is 66.8 Å². The first-order valence-electron chi connectivity index (χ1n) is 7.53. The van der Waals surface area contributed by atoms with E-state index in [9.17, 15) is 0 Å². The van der Waals surface area contributed by atoms with E-state index in [4.69, 9.17) is 0 Å². The Labute approximate surface area is 132 Å². The van der Waals surface area contributed by atoms with Crippen LogP contribution < -0.4 is 5.32 Å². The minimum absolute atomic E-state index is 0.336. The van der Waals surface area contributed by atoms with Crippen LogP contribution in [-0.4, -0.2) is 17.8 Å². The molecule has 1 N–H and O–H groups in total. The molecule has 2 rings (SSSR count). The second kappa shape index (κ2) is 8.20. The van der Waals surface area contributed by atoms with Crippen molar-refractivity contribution < 1.29 is 0 Å². The van der Waals surface area contributed by atoms with Crippen LogP contribution in [0.15, 0.2) is 53.7 Å². The van der Waals surface area contributed by atoms with E-state index in [-0.39, 0.29) is 0 Å². The van der Waals surface area contributed by atoms with Crippen molar-refractivity contribution in [3.63, 3.8) is 0 Å². The average Bonchev–Trinajstić information content (AvgIpc) is 2.56. The Balaban J connectivity index is 2.24. The normalized spacial score (nSPS) is 13.9. The molecule has 0 aliphatic rings. The van der Waals surface area contributed by atoms with E-state index in [1.54, 1.807) is 11.8 Å². The summed E-state index contributed by atoms with van der Waals surface area (Å²) < 4.78 is 0. The predicted octanol–water partition coefficient (Wildman–Crippen LogP) is 4.65. The fraction of sp³-hybridized carbons (Fsp3) is 0.389. The zero-order valence-corrected chi connectivity index (χ0v) is 13.9. The highest BCUT2D eigenvalue weighted by Crippen LogP contribution is 2.31. The summed E-state index contributed by atoms with van der Waals surface area (Å²) in [6, 6.07) is 13.5. The zero-order valence-electron chi connectivity index (χ0n) is 13.0. The summed E-state index contributed by atoms with van der Waals surface area (Å²) in [5, 5.41) is 3.69. The summed E-state index contributed by atoms with van der Waals surface area (Å²) >= 11 is 1.78. The number of nitrogens with zero attached hydrogens (tertiary/aromatic N) is 1. The summed E-state index contributed by atoms with van der Waals surface area (Å²) in [4.78, 5) is 5.43. The van der Waals surface area contributed by atoms with Crippen LogP contribution >= 0.6 is 11.8 Å². The lowest BCUT2D eigenvalue weighted by molar-refractivity contribution is 0.466. The Kier molecular flexibility index (Phi) is 6.27. The van der Waals surface area contributed by atoms with E-state index >= 15 is 0 Å². The molecule has 1 aromatic heterocycles. The van der Waals surface area contributed by atoms with Crippen molar-refractivity contribution in [2.75, 3.05) is 12.8 Å². The molecule has 2 unspecified atom stereocenters. The van der Waals surface area contributed by atoms with E-state index < -0.39 is 0 Å². The standard InChI is InChI=1S/C18H24N2S/c1-4-11-20-18(14(2)15-9-12-19-13-10-15)16-5-7-17(21-3)8-6-16/h5-10,12-14,18,20H,4,11H2,1-3H3. The SMILES string of the molecule is CCCNC(c1ccc(SC)cc1)C(C)c1ccncc1.